The molecule has 0 saturated carbocycles. The number of hydrogen-bond donors (Lipinski definition) is 2. The summed E-state index contributed by atoms with van der Waals surface area (Å²) < 4.78 is 4.71. The van der Waals surface area contributed by atoms with E-state index < -0.39 is 18.1 Å². The minimum atomic E-state index is -0.623. The summed E-state index contributed by atoms with van der Waals surface area (Å²) in [5.41, 5.74) is 5.84. The third kappa shape index (κ3) is 4.64. The van der Waals surface area contributed by atoms with Crippen molar-refractivity contribution in [3.63, 3.8) is 0 Å². The van der Waals surface area contributed by atoms with Crippen LogP contribution in [0.2, 0.25) is 0 Å². The van der Waals surface area contributed by atoms with Gasteiger partial charge in [-0.3, -0.25) is 4.79 Å². The van der Waals surface area contributed by atoms with Gasteiger partial charge in [0, 0.05) is 0 Å². The Balaban J connectivity index is 4.68. The summed E-state index contributed by atoms with van der Waals surface area (Å²) in [6, 6.07) is -1.21. The lowest BCUT2D eigenvalue weighted by Gasteiger charge is -2.25. The number of methoxy groups -OCH3 is 1. The number of ether oxygens (including phenoxy) is 1. The SMILES string of the molecule is CCC(C)C(N)C(=O)NC(C(=O)OC)C(C)CC. The summed E-state index contributed by atoms with van der Waals surface area (Å²) in [6.45, 7) is 7.75. The maximum Gasteiger partial charge on any atom is 0.328 e. The molecule has 5 heteroatoms. The monoisotopic (exact) mass is 258 g/mol. The van der Waals surface area contributed by atoms with Gasteiger partial charge in [-0.2, -0.15) is 0 Å². The molecule has 106 valence electrons. The minimum absolute atomic E-state index is 0.0190. The smallest absolute Gasteiger partial charge is 0.328 e. The molecule has 18 heavy (non-hydrogen) atoms. The van der Waals surface area contributed by atoms with Crippen LogP contribution in [0.4, 0.5) is 0 Å². The van der Waals surface area contributed by atoms with Crippen LogP contribution in [0.5, 0.6) is 0 Å². The van der Waals surface area contributed by atoms with E-state index >= 15 is 0 Å². The highest BCUT2D eigenvalue weighted by molar-refractivity contribution is 5.87. The molecule has 0 saturated heterocycles. The Morgan fingerprint density at radius 2 is 1.67 bits per heavy atom. The van der Waals surface area contributed by atoms with Crippen molar-refractivity contribution in [3.05, 3.63) is 0 Å². The van der Waals surface area contributed by atoms with Gasteiger partial charge in [0.2, 0.25) is 5.91 Å². The largest absolute Gasteiger partial charge is 0.467 e. The van der Waals surface area contributed by atoms with Gasteiger partial charge in [0.15, 0.2) is 0 Å². The van der Waals surface area contributed by atoms with Crippen LogP contribution in [0.1, 0.15) is 40.5 Å². The second-order valence-electron chi connectivity index (χ2n) is 4.81. The Kier molecular flexibility index (Phi) is 7.59. The molecular weight excluding hydrogens is 232 g/mol. The topological polar surface area (TPSA) is 81.4 Å². The van der Waals surface area contributed by atoms with Gasteiger partial charge in [0.1, 0.15) is 6.04 Å². The molecule has 4 unspecified atom stereocenters. The van der Waals surface area contributed by atoms with Gasteiger partial charge in [-0.05, 0) is 11.8 Å². The summed E-state index contributed by atoms with van der Waals surface area (Å²) in [4.78, 5) is 23.6. The number of nitrogens with two attached hydrogens (primary N) is 1. The van der Waals surface area contributed by atoms with Crippen molar-refractivity contribution in [2.45, 2.75) is 52.6 Å². The van der Waals surface area contributed by atoms with Gasteiger partial charge in [-0.25, -0.2) is 4.79 Å². The van der Waals surface area contributed by atoms with E-state index in [4.69, 9.17) is 10.5 Å². The molecule has 4 atom stereocenters. The average Bonchev–Trinajstić information content (AvgIpc) is 2.40. The van der Waals surface area contributed by atoms with Gasteiger partial charge in [0.25, 0.3) is 0 Å². The first-order valence-electron chi connectivity index (χ1n) is 6.52. The molecule has 0 aliphatic carbocycles. The van der Waals surface area contributed by atoms with Crippen LogP contribution in [-0.4, -0.2) is 31.1 Å². The number of carbonyl (C=O) groups is 2. The van der Waals surface area contributed by atoms with Crippen LogP contribution in [0.3, 0.4) is 0 Å². The van der Waals surface area contributed by atoms with Gasteiger partial charge in [-0.1, -0.05) is 40.5 Å². The van der Waals surface area contributed by atoms with E-state index in [1.165, 1.54) is 7.11 Å². The summed E-state index contributed by atoms with van der Waals surface area (Å²) >= 11 is 0. The minimum Gasteiger partial charge on any atom is -0.467 e. The summed E-state index contributed by atoms with van der Waals surface area (Å²) in [7, 11) is 1.32. The fraction of sp³-hybridized carbons (Fsp3) is 0.846. The first-order chi connectivity index (χ1) is 8.38. The van der Waals surface area contributed by atoms with Crippen molar-refractivity contribution in [2.75, 3.05) is 7.11 Å². The van der Waals surface area contributed by atoms with Gasteiger partial charge in [0.05, 0.1) is 13.2 Å². The third-order valence-corrected chi connectivity index (χ3v) is 3.53. The van der Waals surface area contributed by atoms with Crippen molar-refractivity contribution in [1.29, 1.82) is 0 Å². The zero-order chi connectivity index (χ0) is 14.3. The molecule has 3 N–H and O–H groups in total. The highest BCUT2D eigenvalue weighted by atomic mass is 16.5. The van der Waals surface area contributed by atoms with E-state index in [9.17, 15) is 9.59 Å². The van der Waals surface area contributed by atoms with E-state index in [1.54, 1.807) is 0 Å². The summed E-state index contributed by atoms with van der Waals surface area (Å²) in [5.74, 6) is -0.611. The maximum absolute atomic E-state index is 12.0. The number of rotatable bonds is 7. The molecule has 0 radical (unpaired) electrons. The molecular formula is C13H26N2O3. The average molecular weight is 258 g/mol. The fourth-order valence-corrected chi connectivity index (χ4v) is 1.56. The maximum atomic E-state index is 12.0. The number of amides is 1. The third-order valence-electron chi connectivity index (χ3n) is 3.53. The number of hydrogen-bond acceptors (Lipinski definition) is 4. The van der Waals surface area contributed by atoms with Gasteiger partial charge < -0.3 is 15.8 Å². The molecule has 0 bridgehead atoms. The summed E-state index contributed by atoms with van der Waals surface area (Å²) in [5, 5.41) is 2.69. The lowest BCUT2D eigenvalue weighted by molar-refractivity contribution is -0.146. The van der Waals surface area contributed by atoms with Gasteiger partial charge >= 0.3 is 5.97 Å². The molecule has 0 fully saturated rings. The predicted molar refractivity (Wildman–Crippen MR) is 70.8 cm³/mol. The standard InChI is InChI=1S/C13H26N2O3/c1-6-8(3)10(14)12(16)15-11(9(4)7-2)13(17)18-5/h8-11H,6-7,14H2,1-5H3,(H,15,16). The lowest BCUT2D eigenvalue weighted by atomic mass is 9.96. The molecule has 0 aromatic rings. The molecule has 0 aliphatic heterocycles. The van der Waals surface area contributed by atoms with Crippen LogP contribution in [0.25, 0.3) is 0 Å². The molecule has 0 aromatic heterocycles. The van der Waals surface area contributed by atoms with Crippen LogP contribution < -0.4 is 11.1 Å². The molecule has 0 rings (SSSR count). The van der Waals surface area contributed by atoms with Crippen LogP contribution in [-0.2, 0) is 14.3 Å². The van der Waals surface area contributed by atoms with Crippen LogP contribution in [0.15, 0.2) is 0 Å². The highest BCUT2D eigenvalue weighted by Gasteiger charge is 2.29. The highest BCUT2D eigenvalue weighted by Crippen LogP contribution is 2.11. The summed E-state index contributed by atoms with van der Waals surface area (Å²) in [6.07, 6.45) is 1.60. The van der Waals surface area contributed by atoms with E-state index in [2.05, 4.69) is 5.32 Å². The first-order valence-corrected chi connectivity index (χ1v) is 6.52. The van der Waals surface area contributed by atoms with E-state index in [-0.39, 0.29) is 17.7 Å². The second kappa shape index (κ2) is 8.08. The van der Waals surface area contributed by atoms with E-state index in [0.717, 1.165) is 12.8 Å². The Bertz CT molecular complexity index is 281. The zero-order valence-electron chi connectivity index (χ0n) is 12.0. The van der Waals surface area contributed by atoms with Crippen molar-refractivity contribution >= 4 is 11.9 Å². The lowest BCUT2D eigenvalue weighted by Crippen LogP contribution is -2.53. The Labute approximate surface area is 109 Å². The molecule has 0 aromatic carbocycles. The Hall–Kier alpha value is -1.10. The van der Waals surface area contributed by atoms with E-state index in [0.29, 0.717) is 0 Å². The van der Waals surface area contributed by atoms with Crippen LogP contribution in [0, 0.1) is 11.8 Å². The van der Waals surface area contributed by atoms with Crippen molar-refractivity contribution in [2.24, 2.45) is 17.6 Å². The van der Waals surface area contributed by atoms with E-state index in [1.807, 2.05) is 27.7 Å². The number of carbonyl (C=O) groups excluding carboxylic acids is 2. The Morgan fingerprint density at radius 3 is 2.06 bits per heavy atom. The predicted octanol–water partition coefficient (Wildman–Crippen LogP) is 1.06. The van der Waals surface area contributed by atoms with Gasteiger partial charge in [-0.15, -0.1) is 0 Å². The fourth-order valence-electron chi connectivity index (χ4n) is 1.56. The number of nitrogens with one attached hydrogen (secondary N) is 1. The molecule has 5 nitrogen and oxygen atoms in total. The molecule has 1 amide bonds. The number of esters is 1. The van der Waals surface area contributed by atoms with Crippen molar-refractivity contribution in [3.8, 4) is 0 Å². The Morgan fingerprint density at radius 1 is 1.17 bits per heavy atom. The van der Waals surface area contributed by atoms with Crippen LogP contribution >= 0.6 is 0 Å². The molecule has 0 spiro atoms. The first kappa shape index (κ1) is 16.9. The molecule has 0 aliphatic rings. The normalized spacial score (nSPS) is 17.4. The zero-order valence-corrected chi connectivity index (χ0v) is 12.0. The second-order valence-corrected chi connectivity index (χ2v) is 4.81. The van der Waals surface area contributed by atoms with Crippen molar-refractivity contribution in [1.82, 2.24) is 5.32 Å². The van der Waals surface area contributed by atoms with Crippen molar-refractivity contribution < 1.29 is 14.3 Å². The molecule has 0 heterocycles. The quantitative estimate of drug-likeness (QED) is 0.669.